The Labute approximate surface area is 131 Å². The molecule has 2 rings (SSSR count). The van der Waals surface area contributed by atoms with Crippen LogP contribution in [-0.4, -0.2) is 41.3 Å². The highest BCUT2D eigenvalue weighted by molar-refractivity contribution is 5.74. The summed E-state index contributed by atoms with van der Waals surface area (Å²) in [7, 11) is 0. The second kappa shape index (κ2) is 6.65. The zero-order valence-corrected chi connectivity index (χ0v) is 13.5. The Morgan fingerprint density at radius 2 is 2.09 bits per heavy atom. The van der Waals surface area contributed by atoms with E-state index in [2.05, 4.69) is 5.32 Å². The lowest BCUT2D eigenvalue weighted by atomic mass is 9.96. The minimum Gasteiger partial charge on any atom is -0.392 e. The third-order valence-corrected chi connectivity index (χ3v) is 4.21. The first-order chi connectivity index (χ1) is 10.3. The Kier molecular flexibility index (Phi) is 5.06. The van der Waals surface area contributed by atoms with E-state index >= 15 is 0 Å². The lowest BCUT2D eigenvalue weighted by Gasteiger charge is -2.29. The second-order valence-corrected chi connectivity index (χ2v) is 6.54. The lowest BCUT2D eigenvalue weighted by molar-refractivity contribution is 0.118. The maximum absolute atomic E-state index is 13.4. The van der Waals surface area contributed by atoms with Crippen molar-refractivity contribution < 1.29 is 14.3 Å². The highest BCUT2D eigenvalue weighted by atomic mass is 19.1. The van der Waals surface area contributed by atoms with E-state index in [-0.39, 0.29) is 23.3 Å². The van der Waals surface area contributed by atoms with Crippen LogP contribution in [0.5, 0.6) is 0 Å². The SMILES string of the molecule is CC(O)CN(C(=O)NCC1(c2cccc(F)c2)CC1)C(C)C. The summed E-state index contributed by atoms with van der Waals surface area (Å²) in [4.78, 5) is 13.9. The van der Waals surface area contributed by atoms with Crippen LogP contribution < -0.4 is 5.32 Å². The van der Waals surface area contributed by atoms with Gasteiger partial charge < -0.3 is 15.3 Å². The number of carbonyl (C=O) groups excluding carboxylic acids is 1. The number of rotatable bonds is 6. The van der Waals surface area contributed by atoms with Gasteiger partial charge in [-0.2, -0.15) is 0 Å². The van der Waals surface area contributed by atoms with Gasteiger partial charge in [-0.25, -0.2) is 9.18 Å². The van der Waals surface area contributed by atoms with Gasteiger partial charge in [-0.3, -0.25) is 0 Å². The van der Waals surface area contributed by atoms with Crippen LogP contribution in [0.25, 0.3) is 0 Å². The van der Waals surface area contributed by atoms with Crippen molar-refractivity contribution in [1.82, 2.24) is 10.2 Å². The second-order valence-electron chi connectivity index (χ2n) is 6.54. The molecule has 0 spiro atoms. The van der Waals surface area contributed by atoms with Crippen molar-refractivity contribution in [2.24, 2.45) is 0 Å². The molecule has 0 bridgehead atoms. The predicted octanol–water partition coefficient (Wildman–Crippen LogP) is 2.66. The molecule has 1 aliphatic carbocycles. The average molecular weight is 308 g/mol. The van der Waals surface area contributed by atoms with Gasteiger partial charge in [-0.1, -0.05) is 12.1 Å². The van der Waals surface area contributed by atoms with Crippen LogP contribution in [0.4, 0.5) is 9.18 Å². The van der Waals surface area contributed by atoms with Crippen molar-refractivity contribution in [3.63, 3.8) is 0 Å². The maximum atomic E-state index is 13.4. The highest BCUT2D eigenvalue weighted by Gasteiger charge is 2.44. The minimum atomic E-state index is -0.564. The minimum absolute atomic E-state index is 0.0129. The van der Waals surface area contributed by atoms with E-state index in [0.29, 0.717) is 13.1 Å². The van der Waals surface area contributed by atoms with Gasteiger partial charge in [0.2, 0.25) is 0 Å². The quantitative estimate of drug-likeness (QED) is 0.849. The van der Waals surface area contributed by atoms with Crippen LogP contribution in [0.15, 0.2) is 24.3 Å². The van der Waals surface area contributed by atoms with E-state index in [1.54, 1.807) is 24.0 Å². The van der Waals surface area contributed by atoms with Crippen molar-refractivity contribution in [3.8, 4) is 0 Å². The molecule has 1 saturated carbocycles. The molecular formula is C17H25FN2O2. The normalized spacial score (nSPS) is 17.2. The van der Waals surface area contributed by atoms with E-state index in [1.807, 2.05) is 19.9 Å². The summed E-state index contributed by atoms with van der Waals surface area (Å²) in [5.41, 5.74) is 0.810. The van der Waals surface area contributed by atoms with Gasteiger partial charge in [-0.05, 0) is 51.3 Å². The number of benzene rings is 1. The Morgan fingerprint density at radius 3 is 2.59 bits per heavy atom. The number of hydrogen-bond acceptors (Lipinski definition) is 2. The molecule has 1 fully saturated rings. The van der Waals surface area contributed by atoms with Crippen LogP contribution in [0.1, 0.15) is 39.2 Å². The van der Waals surface area contributed by atoms with E-state index in [0.717, 1.165) is 18.4 Å². The van der Waals surface area contributed by atoms with E-state index in [1.165, 1.54) is 6.07 Å². The Balaban J connectivity index is 1.98. The highest BCUT2D eigenvalue weighted by Crippen LogP contribution is 2.47. The molecule has 5 heteroatoms. The van der Waals surface area contributed by atoms with Crippen LogP contribution in [0, 0.1) is 5.82 Å². The first-order valence-electron chi connectivity index (χ1n) is 7.83. The van der Waals surface area contributed by atoms with Gasteiger partial charge in [0.05, 0.1) is 6.10 Å². The molecule has 0 saturated heterocycles. The Morgan fingerprint density at radius 1 is 1.41 bits per heavy atom. The van der Waals surface area contributed by atoms with Crippen LogP contribution in [0.2, 0.25) is 0 Å². The zero-order valence-electron chi connectivity index (χ0n) is 13.5. The van der Waals surface area contributed by atoms with Gasteiger partial charge in [0.15, 0.2) is 0 Å². The van der Waals surface area contributed by atoms with Gasteiger partial charge in [0, 0.05) is 24.5 Å². The molecule has 2 N–H and O–H groups in total. The predicted molar refractivity (Wildman–Crippen MR) is 84.2 cm³/mol. The molecule has 1 aromatic rings. The number of amides is 2. The largest absolute Gasteiger partial charge is 0.392 e. The summed E-state index contributed by atoms with van der Waals surface area (Å²) in [5.74, 6) is -0.243. The van der Waals surface area contributed by atoms with Crippen molar-refractivity contribution >= 4 is 6.03 Å². The first-order valence-corrected chi connectivity index (χ1v) is 7.83. The van der Waals surface area contributed by atoms with Gasteiger partial charge >= 0.3 is 6.03 Å². The molecule has 1 aromatic carbocycles. The van der Waals surface area contributed by atoms with E-state index in [4.69, 9.17) is 0 Å². The fourth-order valence-electron chi connectivity index (χ4n) is 2.70. The number of urea groups is 1. The molecule has 22 heavy (non-hydrogen) atoms. The Bertz CT molecular complexity index is 527. The molecule has 2 amide bonds. The fraction of sp³-hybridized carbons (Fsp3) is 0.588. The van der Waals surface area contributed by atoms with Gasteiger partial charge in [0.1, 0.15) is 5.82 Å². The van der Waals surface area contributed by atoms with Crippen molar-refractivity contribution in [2.45, 2.75) is 51.2 Å². The molecule has 1 atom stereocenters. The maximum Gasteiger partial charge on any atom is 0.317 e. The fourth-order valence-corrected chi connectivity index (χ4v) is 2.70. The molecule has 0 aromatic heterocycles. The third kappa shape index (κ3) is 3.97. The summed E-state index contributed by atoms with van der Waals surface area (Å²) >= 11 is 0. The van der Waals surface area contributed by atoms with Crippen LogP contribution in [0.3, 0.4) is 0 Å². The van der Waals surface area contributed by atoms with E-state index in [9.17, 15) is 14.3 Å². The first kappa shape index (κ1) is 16.7. The molecule has 0 radical (unpaired) electrons. The number of aliphatic hydroxyl groups is 1. The molecule has 4 nitrogen and oxygen atoms in total. The zero-order chi connectivity index (χ0) is 16.3. The monoisotopic (exact) mass is 308 g/mol. The van der Waals surface area contributed by atoms with Crippen molar-refractivity contribution in [2.75, 3.05) is 13.1 Å². The number of halogens is 1. The molecule has 122 valence electrons. The molecule has 1 unspecified atom stereocenters. The number of nitrogens with one attached hydrogen (secondary N) is 1. The Hall–Kier alpha value is -1.62. The molecular weight excluding hydrogens is 283 g/mol. The van der Waals surface area contributed by atoms with Crippen molar-refractivity contribution in [3.05, 3.63) is 35.6 Å². The summed E-state index contributed by atoms with van der Waals surface area (Å²) in [6.45, 7) is 6.30. The summed E-state index contributed by atoms with van der Waals surface area (Å²) in [6, 6.07) is 6.44. The summed E-state index contributed by atoms with van der Waals surface area (Å²) < 4.78 is 13.4. The number of nitrogens with zero attached hydrogens (tertiary/aromatic N) is 1. The summed E-state index contributed by atoms with van der Waals surface area (Å²) in [6.07, 6.45) is 1.34. The smallest absolute Gasteiger partial charge is 0.317 e. The van der Waals surface area contributed by atoms with E-state index < -0.39 is 6.10 Å². The topological polar surface area (TPSA) is 52.6 Å². The van der Waals surface area contributed by atoms with Crippen molar-refractivity contribution in [1.29, 1.82) is 0 Å². The number of aliphatic hydroxyl groups excluding tert-OH is 1. The number of carbonyl (C=O) groups is 1. The molecule has 0 heterocycles. The number of hydrogen-bond donors (Lipinski definition) is 2. The molecule has 0 aliphatic heterocycles. The molecule has 1 aliphatic rings. The third-order valence-electron chi connectivity index (χ3n) is 4.21. The summed E-state index contributed by atoms with van der Waals surface area (Å²) in [5, 5.41) is 12.4. The standard InChI is InChI=1S/C17H25FN2O2/c1-12(2)20(10-13(3)21)16(22)19-11-17(7-8-17)14-5-4-6-15(18)9-14/h4-6,9,12-13,21H,7-8,10-11H2,1-3H3,(H,19,22). The lowest BCUT2D eigenvalue weighted by Crippen LogP contribution is -2.48. The average Bonchev–Trinajstić information content (AvgIpc) is 3.23. The van der Waals surface area contributed by atoms with Gasteiger partial charge in [0.25, 0.3) is 0 Å². The van der Waals surface area contributed by atoms with Crippen LogP contribution in [-0.2, 0) is 5.41 Å². The van der Waals surface area contributed by atoms with Crippen LogP contribution >= 0.6 is 0 Å². The van der Waals surface area contributed by atoms with Gasteiger partial charge in [-0.15, -0.1) is 0 Å².